The number of carbonyl (C=O) groups is 2. The summed E-state index contributed by atoms with van der Waals surface area (Å²) in [5.74, 6) is -1.59. The number of morpholine rings is 1. The van der Waals surface area contributed by atoms with Gasteiger partial charge in [-0.05, 0) is 31.5 Å². The highest BCUT2D eigenvalue weighted by Gasteiger charge is 2.27. The minimum absolute atomic E-state index is 0.0223. The maximum absolute atomic E-state index is 12.8. The van der Waals surface area contributed by atoms with Crippen molar-refractivity contribution in [2.75, 3.05) is 32.9 Å². The highest BCUT2D eigenvalue weighted by atomic mass is 32.2. The molecule has 0 amide bonds. The van der Waals surface area contributed by atoms with Crippen molar-refractivity contribution in [2.45, 2.75) is 18.7 Å². The van der Waals surface area contributed by atoms with E-state index in [-0.39, 0.29) is 34.8 Å². The average molecular weight is 407 g/mol. The molecule has 0 spiro atoms. The van der Waals surface area contributed by atoms with Crippen LogP contribution in [0.5, 0.6) is 0 Å². The van der Waals surface area contributed by atoms with E-state index in [4.69, 9.17) is 20.5 Å². The minimum atomic E-state index is -3.78. The van der Waals surface area contributed by atoms with Gasteiger partial charge >= 0.3 is 5.97 Å². The van der Waals surface area contributed by atoms with Crippen molar-refractivity contribution in [3.8, 4) is 6.07 Å². The molecule has 0 atom stereocenters. The largest absolute Gasteiger partial charge is 0.454 e. The molecule has 150 valence electrons. The SMILES string of the molecule is C/C(N)=C(\C#N)C(=O)COC(=O)c1cc(S(=O)(=O)N2CCOCC2)ccc1C. The van der Waals surface area contributed by atoms with Crippen LogP contribution in [0, 0.1) is 18.3 Å². The Bertz CT molecular complexity index is 952. The number of sulfonamides is 1. The maximum atomic E-state index is 12.8. The Kier molecular flexibility index (Phi) is 6.90. The van der Waals surface area contributed by atoms with Crippen LogP contribution in [0.3, 0.4) is 0 Å². The molecule has 2 rings (SSSR count). The topological polar surface area (TPSA) is 140 Å². The molecule has 1 aromatic carbocycles. The molecule has 1 saturated heterocycles. The van der Waals surface area contributed by atoms with Crippen LogP contribution in [0.4, 0.5) is 0 Å². The number of benzene rings is 1. The molecule has 1 aromatic rings. The fourth-order valence-corrected chi connectivity index (χ4v) is 4.00. The molecule has 0 unspecified atom stereocenters. The second kappa shape index (κ2) is 8.97. The minimum Gasteiger partial charge on any atom is -0.454 e. The Labute approximate surface area is 163 Å². The summed E-state index contributed by atoms with van der Waals surface area (Å²) in [6.45, 7) is 3.40. The molecule has 28 heavy (non-hydrogen) atoms. The molecule has 2 N–H and O–H groups in total. The second-order valence-electron chi connectivity index (χ2n) is 6.16. The first-order valence-electron chi connectivity index (χ1n) is 8.43. The summed E-state index contributed by atoms with van der Waals surface area (Å²) in [7, 11) is -3.78. The molecule has 1 fully saturated rings. The van der Waals surface area contributed by atoms with Crippen molar-refractivity contribution in [3.05, 3.63) is 40.6 Å². The van der Waals surface area contributed by atoms with Crippen LogP contribution in [0.15, 0.2) is 34.4 Å². The van der Waals surface area contributed by atoms with E-state index < -0.39 is 28.4 Å². The number of esters is 1. The van der Waals surface area contributed by atoms with E-state index in [1.54, 1.807) is 13.0 Å². The number of carbonyl (C=O) groups excluding carboxylic acids is 2. The van der Waals surface area contributed by atoms with E-state index in [9.17, 15) is 18.0 Å². The van der Waals surface area contributed by atoms with Crippen LogP contribution in [0.2, 0.25) is 0 Å². The van der Waals surface area contributed by atoms with Gasteiger partial charge in [0, 0.05) is 18.8 Å². The monoisotopic (exact) mass is 407 g/mol. The number of nitrogens with zero attached hydrogens (tertiary/aromatic N) is 2. The predicted octanol–water partition coefficient (Wildman–Crippen LogP) is 0.498. The third-order valence-corrected chi connectivity index (χ3v) is 6.05. The number of hydrogen-bond donors (Lipinski definition) is 1. The van der Waals surface area contributed by atoms with Crippen molar-refractivity contribution < 1.29 is 27.5 Å². The molecule has 0 saturated carbocycles. The zero-order chi connectivity index (χ0) is 20.9. The highest BCUT2D eigenvalue weighted by molar-refractivity contribution is 7.89. The fourth-order valence-electron chi connectivity index (χ4n) is 2.57. The number of nitriles is 1. The highest BCUT2D eigenvalue weighted by Crippen LogP contribution is 2.21. The van der Waals surface area contributed by atoms with Gasteiger partial charge in [-0.1, -0.05) is 6.07 Å². The van der Waals surface area contributed by atoms with Crippen LogP contribution in [-0.2, 0) is 24.3 Å². The molecular weight excluding hydrogens is 386 g/mol. The first-order chi connectivity index (χ1) is 13.2. The number of aryl methyl sites for hydroxylation is 1. The molecule has 0 aliphatic carbocycles. The van der Waals surface area contributed by atoms with E-state index in [0.29, 0.717) is 18.8 Å². The van der Waals surface area contributed by atoms with Gasteiger partial charge in [0.05, 0.1) is 23.7 Å². The Balaban J connectivity index is 2.21. The summed E-state index contributed by atoms with van der Waals surface area (Å²) >= 11 is 0. The smallest absolute Gasteiger partial charge is 0.338 e. The fraction of sp³-hybridized carbons (Fsp3) is 0.389. The summed E-state index contributed by atoms with van der Waals surface area (Å²) in [5.41, 5.74) is 5.70. The Morgan fingerprint density at radius 1 is 1.32 bits per heavy atom. The number of ether oxygens (including phenoxy) is 2. The molecule has 0 radical (unpaired) electrons. The molecule has 0 bridgehead atoms. The number of rotatable bonds is 6. The summed E-state index contributed by atoms with van der Waals surface area (Å²) in [5, 5.41) is 8.91. The average Bonchev–Trinajstić information content (AvgIpc) is 2.67. The van der Waals surface area contributed by atoms with Gasteiger partial charge in [0.1, 0.15) is 11.6 Å². The van der Waals surface area contributed by atoms with E-state index in [1.165, 1.54) is 29.4 Å². The Morgan fingerprint density at radius 2 is 1.96 bits per heavy atom. The molecular formula is C18H21N3O6S. The van der Waals surface area contributed by atoms with Gasteiger partial charge in [0.2, 0.25) is 15.8 Å². The van der Waals surface area contributed by atoms with E-state index in [0.717, 1.165) is 0 Å². The number of Topliss-reactive ketones (excluding diaryl/α,β-unsaturated/α-hetero) is 1. The number of hydrogen-bond acceptors (Lipinski definition) is 8. The summed E-state index contributed by atoms with van der Waals surface area (Å²) in [6.07, 6.45) is 0. The summed E-state index contributed by atoms with van der Waals surface area (Å²) in [4.78, 5) is 24.2. The molecule has 1 aliphatic heterocycles. The number of ketones is 1. The van der Waals surface area contributed by atoms with Crippen LogP contribution >= 0.6 is 0 Å². The first kappa shape index (κ1) is 21.6. The Morgan fingerprint density at radius 3 is 2.54 bits per heavy atom. The van der Waals surface area contributed by atoms with Gasteiger partial charge in [-0.15, -0.1) is 0 Å². The lowest BCUT2D eigenvalue weighted by Gasteiger charge is -2.26. The summed E-state index contributed by atoms with van der Waals surface area (Å²) < 4.78 is 36.9. The lowest BCUT2D eigenvalue weighted by molar-refractivity contribution is -0.118. The van der Waals surface area contributed by atoms with Crippen molar-refractivity contribution in [1.82, 2.24) is 4.31 Å². The van der Waals surface area contributed by atoms with Gasteiger partial charge in [-0.25, -0.2) is 13.2 Å². The number of allylic oxidation sites excluding steroid dienone is 1. The molecule has 1 heterocycles. The van der Waals surface area contributed by atoms with Gasteiger partial charge in [0.25, 0.3) is 0 Å². The normalized spacial score (nSPS) is 16.0. The van der Waals surface area contributed by atoms with E-state index >= 15 is 0 Å². The van der Waals surface area contributed by atoms with Crippen LogP contribution in [0.1, 0.15) is 22.8 Å². The molecule has 0 aromatic heterocycles. The standard InChI is InChI=1S/C18H21N3O6S/c1-12-3-4-14(28(24,25)21-5-7-26-8-6-21)9-15(12)18(23)27-11-17(22)16(10-19)13(2)20/h3-4,9H,5-8,11,20H2,1-2H3/b16-13-. The summed E-state index contributed by atoms with van der Waals surface area (Å²) in [6, 6.07) is 5.79. The molecule has 10 heteroatoms. The van der Waals surface area contributed by atoms with Crippen molar-refractivity contribution >= 4 is 21.8 Å². The van der Waals surface area contributed by atoms with Crippen LogP contribution < -0.4 is 5.73 Å². The molecule has 1 aliphatic rings. The van der Waals surface area contributed by atoms with Gasteiger partial charge in [0.15, 0.2) is 6.61 Å². The van der Waals surface area contributed by atoms with Crippen LogP contribution in [-0.4, -0.2) is 57.4 Å². The van der Waals surface area contributed by atoms with E-state index in [2.05, 4.69) is 0 Å². The Hall–Kier alpha value is -2.74. The van der Waals surface area contributed by atoms with Crippen molar-refractivity contribution in [3.63, 3.8) is 0 Å². The third-order valence-electron chi connectivity index (χ3n) is 4.16. The quantitative estimate of drug-likeness (QED) is 0.408. The predicted molar refractivity (Wildman–Crippen MR) is 98.5 cm³/mol. The lowest BCUT2D eigenvalue weighted by Crippen LogP contribution is -2.40. The third kappa shape index (κ3) is 4.75. The van der Waals surface area contributed by atoms with Crippen molar-refractivity contribution in [1.29, 1.82) is 5.26 Å². The second-order valence-corrected chi connectivity index (χ2v) is 8.10. The lowest BCUT2D eigenvalue weighted by atomic mass is 10.1. The van der Waals surface area contributed by atoms with Crippen molar-refractivity contribution in [2.24, 2.45) is 5.73 Å². The molecule has 9 nitrogen and oxygen atoms in total. The zero-order valence-corrected chi connectivity index (χ0v) is 16.4. The van der Waals surface area contributed by atoms with Crippen LogP contribution in [0.25, 0.3) is 0 Å². The zero-order valence-electron chi connectivity index (χ0n) is 15.6. The maximum Gasteiger partial charge on any atom is 0.338 e. The first-order valence-corrected chi connectivity index (χ1v) is 9.87. The number of nitrogens with two attached hydrogens (primary N) is 1. The van der Waals surface area contributed by atoms with Gasteiger partial charge < -0.3 is 15.2 Å². The van der Waals surface area contributed by atoms with Gasteiger partial charge in [-0.2, -0.15) is 9.57 Å². The van der Waals surface area contributed by atoms with Gasteiger partial charge in [-0.3, -0.25) is 4.79 Å². The van der Waals surface area contributed by atoms with E-state index in [1.807, 2.05) is 0 Å².